The second-order valence-electron chi connectivity index (χ2n) is 8.68. The minimum Gasteiger partial charge on any atom is -0.380 e. The van der Waals surface area contributed by atoms with Crippen molar-refractivity contribution in [2.45, 2.75) is 25.2 Å². The summed E-state index contributed by atoms with van der Waals surface area (Å²) in [7, 11) is 0. The summed E-state index contributed by atoms with van der Waals surface area (Å²) in [6.45, 7) is 9.67. The molecule has 0 saturated carbocycles. The molecule has 0 amide bonds. The van der Waals surface area contributed by atoms with E-state index in [0.717, 1.165) is 52.2 Å². The second kappa shape index (κ2) is 6.96. The van der Waals surface area contributed by atoms with Crippen LogP contribution in [0, 0.1) is 18.3 Å². The summed E-state index contributed by atoms with van der Waals surface area (Å²) in [5.41, 5.74) is 3.11. The lowest BCUT2D eigenvalue weighted by atomic mass is 9.70. The van der Waals surface area contributed by atoms with Crippen LogP contribution < -0.4 is 5.32 Å². The fourth-order valence-corrected chi connectivity index (χ4v) is 6.18. The number of nitrogens with one attached hydrogen (secondary N) is 1. The molecule has 4 nitrogen and oxygen atoms in total. The lowest BCUT2D eigenvalue weighted by molar-refractivity contribution is 0.0880. The van der Waals surface area contributed by atoms with Crippen LogP contribution in [-0.4, -0.2) is 55.8 Å². The molecule has 2 atom stereocenters. The van der Waals surface area contributed by atoms with Gasteiger partial charge in [0.25, 0.3) is 0 Å². The first kappa shape index (κ1) is 17.8. The number of ether oxygens (including phenoxy) is 1. The van der Waals surface area contributed by atoms with E-state index in [-0.39, 0.29) is 5.41 Å². The number of hydrogen-bond acceptors (Lipinski definition) is 5. The largest absolute Gasteiger partial charge is 0.380 e. The van der Waals surface area contributed by atoms with Crippen molar-refractivity contribution in [2.75, 3.05) is 45.9 Å². The number of rotatable bonds is 4. The van der Waals surface area contributed by atoms with E-state index >= 15 is 0 Å². The summed E-state index contributed by atoms with van der Waals surface area (Å²) in [4.78, 5) is 7.62. The van der Waals surface area contributed by atoms with Gasteiger partial charge in [-0.15, -0.1) is 11.3 Å². The van der Waals surface area contributed by atoms with Gasteiger partial charge in [-0.25, -0.2) is 4.98 Å². The van der Waals surface area contributed by atoms with E-state index in [0.29, 0.717) is 11.3 Å². The van der Waals surface area contributed by atoms with Gasteiger partial charge in [0.15, 0.2) is 0 Å². The highest BCUT2D eigenvalue weighted by molar-refractivity contribution is 7.09. The minimum atomic E-state index is 0.0691. The maximum Gasteiger partial charge on any atom is 0.0897 e. The number of thiazole rings is 1. The predicted molar refractivity (Wildman–Crippen MR) is 109 cm³/mol. The van der Waals surface area contributed by atoms with Gasteiger partial charge in [-0.05, 0) is 38.4 Å². The van der Waals surface area contributed by atoms with Gasteiger partial charge in [-0.1, -0.05) is 30.3 Å². The molecule has 3 aliphatic rings. The van der Waals surface area contributed by atoms with Gasteiger partial charge in [-0.3, -0.25) is 0 Å². The Morgan fingerprint density at radius 3 is 2.81 bits per heavy atom. The first-order valence-corrected chi connectivity index (χ1v) is 11.1. The number of benzene rings is 1. The Labute approximate surface area is 165 Å². The van der Waals surface area contributed by atoms with Crippen LogP contribution in [0.25, 0.3) is 0 Å². The Hall–Kier alpha value is -1.27. The highest BCUT2D eigenvalue weighted by atomic mass is 32.1. The van der Waals surface area contributed by atoms with Gasteiger partial charge in [0.2, 0.25) is 0 Å². The molecular formula is C22H29N3OS. The first-order chi connectivity index (χ1) is 13.2. The van der Waals surface area contributed by atoms with Crippen molar-refractivity contribution >= 4 is 11.3 Å². The zero-order chi connectivity index (χ0) is 18.3. The highest BCUT2D eigenvalue weighted by Crippen LogP contribution is 2.44. The van der Waals surface area contributed by atoms with Crippen molar-refractivity contribution in [1.29, 1.82) is 0 Å². The molecule has 1 aromatic heterocycles. The van der Waals surface area contributed by atoms with Gasteiger partial charge in [-0.2, -0.15) is 0 Å². The van der Waals surface area contributed by atoms with E-state index in [1.807, 2.05) is 0 Å². The molecule has 3 saturated heterocycles. The van der Waals surface area contributed by atoms with E-state index < -0.39 is 0 Å². The maximum atomic E-state index is 5.86. The fraction of sp³-hybridized carbons (Fsp3) is 0.591. The molecule has 5 rings (SSSR count). The van der Waals surface area contributed by atoms with Gasteiger partial charge in [0.05, 0.1) is 23.9 Å². The first-order valence-electron chi connectivity index (χ1n) is 10.2. The predicted octanol–water partition coefficient (Wildman–Crippen LogP) is 3.07. The number of fused-ring (bicyclic) bond motifs is 1. The van der Waals surface area contributed by atoms with E-state index in [2.05, 4.69) is 52.9 Å². The number of aryl methyl sites for hydroxylation is 1. The summed E-state index contributed by atoms with van der Waals surface area (Å²) >= 11 is 1.78. The lowest BCUT2D eigenvalue weighted by Gasteiger charge is -2.44. The third-order valence-electron chi connectivity index (χ3n) is 7.13. The van der Waals surface area contributed by atoms with Gasteiger partial charge < -0.3 is 15.0 Å². The third kappa shape index (κ3) is 3.05. The number of aromatic nitrogens is 1. The Balaban J connectivity index is 1.37. The molecule has 4 heterocycles. The molecule has 3 aliphatic heterocycles. The van der Waals surface area contributed by atoms with Gasteiger partial charge in [0, 0.05) is 41.8 Å². The monoisotopic (exact) mass is 383 g/mol. The van der Waals surface area contributed by atoms with Crippen LogP contribution >= 0.6 is 11.3 Å². The molecule has 0 unspecified atom stereocenters. The summed E-state index contributed by atoms with van der Waals surface area (Å²) in [6.07, 6.45) is 2.30. The number of piperidine rings is 1. The van der Waals surface area contributed by atoms with Crippen molar-refractivity contribution in [1.82, 2.24) is 15.2 Å². The lowest BCUT2D eigenvalue weighted by Crippen LogP contribution is -2.49. The Morgan fingerprint density at radius 2 is 2.07 bits per heavy atom. The topological polar surface area (TPSA) is 37.4 Å². The van der Waals surface area contributed by atoms with Crippen LogP contribution in [0.4, 0.5) is 0 Å². The Bertz CT molecular complexity index is 772. The van der Waals surface area contributed by atoms with Crippen molar-refractivity contribution < 1.29 is 4.74 Å². The molecule has 1 N–H and O–H groups in total. The summed E-state index contributed by atoms with van der Waals surface area (Å²) < 4.78 is 5.86. The quantitative estimate of drug-likeness (QED) is 0.881. The molecule has 0 spiro atoms. The van der Waals surface area contributed by atoms with E-state index in [4.69, 9.17) is 9.72 Å². The zero-order valence-corrected chi connectivity index (χ0v) is 16.9. The molecule has 2 aromatic rings. The Kier molecular flexibility index (Phi) is 4.59. The average Bonchev–Trinajstić information content (AvgIpc) is 3.39. The number of hydrogen-bond donors (Lipinski definition) is 1. The van der Waals surface area contributed by atoms with Crippen LogP contribution in [0.1, 0.15) is 29.1 Å². The zero-order valence-electron chi connectivity index (χ0n) is 16.1. The Morgan fingerprint density at radius 1 is 1.26 bits per heavy atom. The van der Waals surface area contributed by atoms with E-state index in [9.17, 15) is 0 Å². The van der Waals surface area contributed by atoms with Gasteiger partial charge in [0.1, 0.15) is 0 Å². The van der Waals surface area contributed by atoms with Crippen molar-refractivity contribution in [2.24, 2.45) is 11.3 Å². The molecule has 144 valence electrons. The summed E-state index contributed by atoms with van der Waals surface area (Å²) in [6, 6.07) is 11.1. The average molecular weight is 384 g/mol. The van der Waals surface area contributed by atoms with Crippen molar-refractivity contribution in [3.05, 3.63) is 52.0 Å². The smallest absolute Gasteiger partial charge is 0.0897 e. The van der Waals surface area contributed by atoms with Crippen LogP contribution in [-0.2, 0) is 10.2 Å². The second-order valence-corrected chi connectivity index (χ2v) is 9.74. The number of likely N-dealkylation sites (tertiary alicyclic amines) is 1. The van der Waals surface area contributed by atoms with Crippen molar-refractivity contribution in [3.8, 4) is 0 Å². The summed E-state index contributed by atoms with van der Waals surface area (Å²) in [5.74, 6) is 0.694. The van der Waals surface area contributed by atoms with E-state index in [1.165, 1.54) is 22.8 Å². The third-order valence-corrected chi connectivity index (χ3v) is 7.90. The molecule has 3 fully saturated rings. The van der Waals surface area contributed by atoms with Crippen LogP contribution in [0.3, 0.4) is 0 Å². The normalized spacial score (nSPS) is 30.5. The molecule has 1 aromatic carbocycles. The fourth-order valence-electron chi connectivity index (χ4n) is 5.47. The molecule has 0 radical (unpaired) electrons. The standard InChI is InChI=1S/C22H29N3OS/c1-17-24-20(13-27-17)22(18-5-3-2-4-6-18)7-9-25(10-8-22)15-21-14-23-11-19(21)12-26-16-21/h2-6,13,19,23H,7-12,14-16H2,1H3/t19-,21-/m0/s1. The van der Waals surface area contributed by atoms with E-state index in [1.54, 1.807) is 11.3 Å². The molecule has 0 bridgehead atoms. The SMILES string of the molecule is Cc1nc(C2(c3ccccc3)CCN(C[C@]34CNC[C@H]3COC4)CC2)cs1. The van der Waals surface area contributed by atoms with Crippen LogP contribution in [0.2, 0.25) is 0 Å². The molecular weight excluding hydrogens is 354 g/mol. The van der Waals surface area contributed by atoms with Crippen LogP contribution in [0.5, 0.6) is 0 Å². The molecule has 0 aliphatic carbocycles. The minimum absolute atomic E-state index is 0.0691. The molecule has 5 heteroatoms. The summed E-state index contributed by atoms with van der Waals surface area (Å²) in [5, 5.41) is 7.07. The van der Waals surface area contributed by atoms with Crippen LogP contribution in [0.15, 0.2) is 35.7 Å². The highest BCUT2D eigenvalue weighted by Gasteiger charge is 2.49. The number of nitrogens with zero attached hydrogens (tertiary/aromatic N) is 2. The van der Waals surface area contributed by atoms with Crippen molar-refractivity contribution in [3.63, 3.8) is 0 Å². The van der Waals surface area contributed by atoms with Gasteiger partial charge >= 0.3 is 0 Å². The maximum absolute atomic E-state index is 5.86. The molecule has 27 heavy (non-hydrogen) atoms.